The molecular weight excluding hydrogens is 422 g/mol. The molecule has 1 saturated heterocycles. The van der Waals surface area contributed by atoms with Gasteiger partial charge in [0.25, 0.3) is 0 Å². The molecule has 3 fully saturated rings. The quantitative estimate of drug-likeness (QED) is 0.713. The van der Waals surface area contributed by atoms with E-state index in [1.807, 2.05) is 12.1 Å². The molecule has 5 nitrogen and oxygen atoms in total. The molecule has 0 unspecified atom stereocenters. The topological polar surface area (TPSA) is 61.5 Å². The summed E-state index contributed by atoms with van der Waals surface area (Å²) in [6, 6.07) is 6.09. The highest BCUT2D eigenvalue weighted by atomic mass is 16.3. The van der Waals surface area contributed by atoms with Crippen molar-refractivity contribution in [3.63, 3.8) is 0 Å². The van der Waals surface area contributed by atoms with Crippen LogP contribution < -0.4 is 0 Å². The number of phenolic OH excluding ortho intramolecular Hbond substituents is 1. The van der Waals surface area contributed by atoms with E-state index in [0.29, 0.717) is 12.2 Å². The second kappa shape index (κ2) is 7.57. The summed E-state index contributed by atoms with van der Waals surface area (Å²) in [6.45, 7) is 5.35. The average Bonchev–Trinajstić information content (AvgIpc) is 3.60. The van der Waals surface area contributed by atoms with Gasteiger partial charge in [-0.05, 0) is 92.7 Å². The summed E-state index contributed by atoms with van der Waals surface area (Å²) < 4.78 is 2.33. The van der Waals surface area contributed by atoms with Crippen molar-refractivity contribution in [2.75, 3.05) is 13.1 Å². The standard InChI is InChI=1S/C29H39N3O2/c1-19-24-15-29(34)27-13-22-9-10-23(33)14-25(22)28(29,11-12-31(27)17-21-7-8-21)16-26(24)32(30-19)18-20-5-3-2-4-6-20/h9-10,14,20-21,27,33-34H,2-8,11-13,15-18H2,1H3/t27-,28-,29-/m1/s1. The van der Waals surface area contributed by atoms with Gasteiger partial charge < -0.3 is 10.2 Å². The van der Waals surface area contributed by atoms with Crippen LogP contribution in [0.15, 0.2) is 18.2 Å². The molecule has 0 amide bonds. The Morgan fingerprint density at radius 2 is 1.82 bits per heavy atom. The highest BCUT2D eigenvalue weighted by Gasteiger charge is 2.65. The maximum Gasteiger partial charge on any atom is 0.115 e. The molecule has 1 aromatic heterocycles. The minimum absolute atomic E-state index is 0.146. The number of hydrogen-bond acceptors (Lipinski definition) is 4. The first-order valence-corrected chi connectivity index (χ1v) is 13.8. The highest BCUT2D eigenvalue weighted by molar-refractivity contribution is 5.52. The van der Waals surface area contributed by atoms with Crippen molar-refractivity contribution < 1.29 is 10.2 Å². The van der Waals surface area contributed by atoms with Crippen molar-refractivity contribution in [2.45, 2.75) is 101 Å². The molecule has 2 heterocycles. The second-order valence-corrected chi connectivity index (χ2v) is 12.3. The lowest BCUT2D eigenvalue weighted by Gasteiger charge is -2.63. The smallest absolute Gasteiger partial charge is 0.115 e. The van der Waals surface area contributed by atoms with Crippen LogP contribution in [-0.4, -0.2) is 49.6 Å². The molecule has 2 aromatic rings. The molecule has 182 valence electrons. The number of likely N-dealkylation sites (tertiary alicyclic amines) is 1. The van der Waals surface area contributed by atoms with Gasteiger partial charge in [-0.15, -0.1) is 0 Å². The summed E-state index contributed by atoms with van der Waals surface area (Å²) in [5.41, 5.74) is 5.15. The molecule has 5 heteroatoms. The van der Waals surface area contributed by atoms with Crippen LogP contribution in [-0.2, 0) is 31.2 Å². The molecule has 0 radical (unpaired) electrons. The predicted octanol–water partition coefficient (Wildman–Crippen LogP) is 4.29. The van der Waals surface area contributed by atoms with Crippen LogP contribution in [0, 0.1) is 18.8 Å². The number of rotatable bonds is 4. The van der Waals surface area contributed by atoms with Gasteiger partial charge in [0.15, 0.2) is 0 Å². The number of nitrogens with zero attached hydrogens (tertiary/aromatic N) is 3. The Balaban J connectivity index is 1.34. The zero-order valence-electron chi connectivity index (χ0n) is 20.6. The summed E-state index contributed by atoms with van der Waals surface area (Å²) in [4.78, 5) is 2.62. The van der Waals surface area contributed by atoms with E-state index < -0.39 is 5.60 Å². The van der Waals surface area contributed by atoms with E-state index in [1.165, 1.54) is 67.3 Å². The number of hydrogen-bond donors (Lipinski definition) is 2. The molecule has 1 aromatic carbocycles. The zero-order valence-corrected chi connectivity index (χ0v) is 20.6. The lowest BCUT2D eigenvalue weighted by molar-refractivity contribution is -0.152. The summed E-state index contributed by atoms with van der Waals surface area (Å²) >= 11 is 0. The zero-order chi connectivity index (χ0) is 23.1. The fourth-order valence-electron chi connectivity index (χ4n) is 8.28. The van der Waals surface area contributed by atoms with E-state index in [1.54, 1.807) is 0 Å². The fraction of sp³-hybridized carbons (Fsp3) is 0.690. The molecule has 1 aliphatic heterocycles. The molecule has 7 rings (SSSR count). The summed E-state index contributed by atoms with van der Waals surface area (Å²) in [7, 11) is 0. The molecule has 2 bridgehead atoms. The number of piperidine rings is 1. The van der Waals surface area contributed by atoms with E-state index >= 15 is 0 Å². The van der Waals surface area contributed by atoms with Gasteiger partial charge >= 0.3 is 0 Å². The molecule has 3 atom stereocenters. The van der Waals surface area contributed by atoms with Gasteiger partial charge in [-0.2, -0.15) is 5.10 Å². The van der Waals surface area contributed by atoms with E-state index in [0.717, 1.165) is 56.4 Å². The third-order valence-corrected chi connectivity index (χ3v) is 10.3. The first-order valence-electron chi connectivity index (χ1n) is 13.8. The maximum absolute atomic E-state index is 12.7. The SMILES string of the molecule is Cc1nn(CC2CCCCC2)c2c1C[C@@]1(O)[C@H]3Cc4ccc(O)cc4[C@@]1(CCN3CC1CC1)C2. The minimum Gasteiger partial charge on any atom is -0.508 e. The van der Waals surface area contributed by atoms with Crippen molar-refractivity contribution in [1.29, 1.82) is 0 Å². The van der Waals surface area contributed by atoms with Crippen molar-refractivity contribution in [3.05, 3.63) is 46.3 Å². The van der Waals surface area contributed by atoms with E-state index in [4.69, 9.17) is 5.10 Å². The number of phenols is 1. The number of fused-ring (bicyclic) bond motifs is 2. The number of aromatic hydroxyl groups is 1. The van der Waals surface area contributed by atoms with E-state index in [9.17, 15) is 10.2 Å². The molecule has 2 saturated carbocycles. The van der Waals surface area contributed by atoms with Gasteiger partial charge in [-0.3, -0.25) is 9.58 Å². The lowest BCUT2D eigenvalue weighted by atomic mass is 9.49. The van der Waals surface area contributed by atoms with Gasteiger partial charge in [-0.1, -0.05) is 25.3 Å². The van der Waals surface area contributed by atoms with Gasteiger partial charge in [0.1, 0.15) is 5.75 Å². The van der Waals surface area contributed by atoms with Crippen LogP contribution in [0.2, 0.25) is 0 Å². The Morgan fingerprint density at radius 1 is 1.03 bits per heavy atom. The van der Waals surface area contributed by atoms with E-state index in [-0.39, 0.29) is 11.5 Å². The molecular formula is C29H39N3O2. The van der Waals surface area contributed by atoms with Gasteiger partial charge in [0.05, 0.1) is 11.3 Å². The monoisotopic (exact) mass is 461 g/mol. The van der Waals surface area contributed by atoms with Crippen molar-refractivity contribution in [1.82, 2.24) is 14.7 Å². The summed E-state index contributed by atoms with van der Waals surface area (Å²) in [5, 5.41) is 28.3. The third-order valence-electron chi connectivity index (χ3n) is 10.3. The molecule has 34 heavy (non-hydrogen) atoms. The van der Waals surface area contributed by atoms with Crippen LogP contribution in [0.3, 0.4) is 0 Å². The van der Waals surface area contributed by atoms with Crippen LogP contribution >= 0.6 is 0 Å². The number of benzene rings is 1. The molecule has 5 aliphatic rings. The van der Waals surface area contributed by atoms with Gasteiger partial charge in [-0.25, -0.2) is 0 Å². The van der Waals surface area contributed by atoms with Crippen LogP contribution in [0.5, 0.6) is 5.75 Å². The Morgan fingerprint density at radius 3 is 2.62 bits per heavy atom. The molecule has 0 spiro atoms. The predicted molar refractivity (Wildman–Crippen MR) is 132 cm³/mol. The first-order chi connectivity index (χ1) is 16.5. The lowest BCUT2D eigenvalue weighted by Crippen LogP contribution is -2.74. The normalized spacial score (nSPS) is 33.3. The maximum atomic E-state index is 12.7. The van der Waals surface area contributed by atoms with Gasteiger partial charge in [0.2, 0.25) is 0 Å². The van der Waals surface area contributed by atoms with Crippen LogP contribution in [0.25, 0.3) is 0 Å². The Kier molecular flexibility index (Phi) is 4.77. The number of aromatic nitrogens is 2. The largest absolute Gasteiger partial charge is 0.508 e. The fourth-order valence-corrected chi connectivity index (χ4v) is 8.28. The van der Waals surface area contributed by atoms with Crippen molar-refractivity contribution >= 4 is 0 Å². The minimum atomic E-state index is -0.808. The highest BCUT2D eigenvalue weighted by Crippen LogP contribution is 2.58. The Bertz CT molecular complexity index is 1110. The summed E-state index contributed by atoms with van der Waals surface area (Å²) in [6.07, 6.45) is 12.8. The van der Waals surface area contributed by atoms with Crippen molar-refractivity contribution in [3.8, 4) is 5.75 Å². The Hall–Kier alpha value is -1.85. The third kappa shape index (κ3) is 3.08. The molecule has 2 N–H and O–H groups in total. The number of aliphatic hydroxyl groups is 1. The average molecular weight is 462 g/mol. The molecule has 4 aliphatic carbocycles. The van der Waals surface area contributed by atoms with Crippen LogP contribution in [0.1, 0.15) is 79.4 Å². The first kappa shape index (κ1) is 21.4. The number of aryl methyl sites for hydroxylation is 1. The Labute approximate surface area is 203 Å². The van der Waals surface area contributed by atoms with Crippen LogP contribution in [0.4, 0.5) is 0 Å². The summed E-state index contributed by atoms with van der Waals surface area (Å²) in [5.74, 6) is 1.87. The second-order valence-electron chi connectivity index (χ2n) is 12.3. The van der Waals surface area contributed by atoms with Crippen molar-refractivity contribution in [2.24, 2.45) is 11.8 Å². The van der Waals surface area contributed by atoms with Gasteiger partial charge in [0, 0.05) is 43.1 Å². The van der Waals surface area contributed by atoms with E-state index in [2.05, 4.69) is 22.6 Å².